The Bertz CT molecular complexity index is 1210. The summed E-state index contributed by atoms with van der Waals surface area (Å²) in [4.78, 5) is 9.87. The molecule has 1 aliphatic heterocycles. The van der Waals surface area contributed by atoms with Gasteiger partial charge in [-0.2, -0.15) is 0 Å². The summed E-state index contributed by atoms with van der Waals surface area (Å²) in [6, 6.07) is 17.8. The van der Waals surface area contributed by atoms with E-state index >= 15 is 0 Å². The summed E-state index contributed by atoms with van der Waals surface area (Å²) in [7, 11) is 0. The number of aromatic nitrogens is 5. The van der Waals surface area contributed by atoms with E-state index in [4.69, 9.17) is 4.98 Å². The van der Waals surface area contributed by atoms with Crippen LogP contribution in [0.3, 0.4) is 0 Å². The number of hydrogen-bond acceptors (Lipinski definition) is 7. The van der Waals surface area contributed by atoms with Crippen molar-refractivity contribution < 1.29 is 0 Å². The summed E-state index contributed by atoms with van der Waals surface area (Å²) in [6.45, 7) is 5.94. The van der Waals surface area contributed by atoms with Crippen molar-refractivity contribution in [2.75, 3.05) is 31.1 Å². The first kappa shape index (κ1) is 24.2. The van der Waals surface area contributed by atoms with Crippen molar-refractivity contribution in [1.29, 1.82) is 0 Å². The van der Waals surface area contributed by atoms with Crippen LogP contribution in [-0.2, 0) is 0 Å². The fourth-order valence-corrected chi connectivity index (χ4v) is 6.42. The van der Waals surface area contributed by atoms with E-state index in [1.54, 1.807) is 11.3 Å². The predicted octanol–water partition coefficient (Wildman–Crippen LogP) is 5.43. The Kier molecular flexibility index (Phi) is 7.32. The van der Waals surface area contributed by atoms with Crippen molar-refractivity contribution in [3.05, 3.63) is 65.5 Å². The zero-order valence-corrected chi connectivity index (χ0v) is 21.7. The number of anilines is 1. The summed E-state index contributed by atoms with van der Waals surface area (Å²) < 4.78 is 3.40. The molecule has 4 aromatic rings. The second-order valence-electron chi connectivity index (χ2n) is 9.57. The molecule has 1 atom stereocenters. The monoisotopic (exact) mass is 509 g/mol. The molecule has 3 heterocycles. The number of nitrogens with zero attached hydrogens (tertiary/aromatic N) is 7. The van der Waals surface area contributed by atoms with Crippen molar-refractivity contribution in [1.82, 2.24) is 30.1 Å². The van der Waals surface area contributed by atoms with Gasteiger partial charge in [0, 0.05) is 26.2 Å². The highest BCUT2D eigenvalue weighted by Gasteiger charge is 2.33. The summed E-state index contributed by atoms with van der Waals surface area (Å²) in [5, 5.41) is 14.4. The van der Waals surface area contributed by atoms with Gasteiger partial charge in [0.1, 0.15) is 0 Å². The Labute approximate surface area is 216 Å². The highest BCUT2D eigenvalue weighted by atomic mass is 35.5. The maximum Gasteiger partial charge on any atom is 0.186 e. The van der Waals surface area contributed by atoms with Crippen molar-refractivity contribution in [3.63, 3.8) is 0 Å². The summed E-state index contributed by atoms with van der Waals surface area (Å²) in [5.41, 5.74) is 3.63. The van der Waals surface area contributed by atoms with E-state index in [9.17, 15) is 0 Å². The molecule has 0 N–H and O–H groups in total. The zero-order chi connectivity index (χ0) is 22.9. The number of halogens is 1. The minimum absolute atomic E-state index is 0. The molecule has 1 aliphatic carbocycles. The molecule has 1 saturated carbocycles. The number of rotatable bonds is 5. The topological polar surface area (TPSA) is 63.0 Å². The second kappa shape index (κ2) is 10.6. The minimum atomic E-state index is 0. The van der Waals surface area contributed by atoms with E-state index in [-0.39, 0.29) is 18.4 Å². The van der Waals surface area contributed by atoms with Gasteiger partial charge in [0.2, 0.25) is 0 Å². The van der Waals surface area contributed by atoms with Crippen molar-refractivity contribution in [2.24, 2.45) is 0 Å². The quantitative estimate of drug-likeness (QED) is 0.357. The number of hydrogen-bond donors (Lipinski definition) is 0. The van der Waals surface area contributed by atoms with Gasteiger partial charge in [-0.15, -0.1) is 17.5 Å². The lowest BCUT2D eigenvalue weighted by Gasteiger charge is -2.39. The number of tetrazole rings is 1. The lowest BCUT2D eigenvalue weighted by atomic mass is 9.95. The van der Waals surface area contributed by atoms with Crippen LogP contribution in [-0.4, -0.2) is 56.3 Å². The SMILES string of the molecule is Cc1ccc(C(c2nnnn2C2CCCCC2)N2CCN(c3nc4ccccc4s3)CC2)cc1.Cl. The minimum Gasteiger partial charge on any atom is -0.345 e. The molecule has 2 aliphatic rings. The third-order valence-corrected chi connectivity index (χ3v) is 8.41. The van der Waals surface area contributed by atoms with E-state index in [1.807, 2.05) is 0 Å². The average molecular weight is 510 g/mol. The number of aryl methyl sites for hydroxylation is 1. The fourth-order valence-electron chi connectivity index (χ4n) is 5.40. The summed E-state index contributed by atoms with van der Waals surface area (Å²) in [6.07, 6.45) is 6.19. The summed E-state index contributed by atoms with van der Waals surface area (Å²) >= 11 is 1.79. The van der Waals surface area contributed by atoms with Crippen molar-refractivity contribution >= 4 is 39.1 Å². The Morgan fingerprint density at radius 1 is 0.914 bits per heavy atom. The van der Waals surface area contributed by atoms with Gasteiger partial charge in [0.25, 0.3) is 0 Å². The molecule has 2 aromatic carbocycles. The maximum absolute atomic E-state index is 4.89. The van der Waals surface area contributed by atoms with Crippen LogP contribution in [0.1, 0.15) is 61.1 Å². The fraction of sp³-hybridized carbons (Fsp3) is 0.462. The molecule has 2 fully saturated rings. The first-order chi connectivity index (χ1) is 16.8. The third-order valence-electron chi connectivity index (χ3n) is 7.31. The molecular weight excluding hydrogens is 478 g/mol. The van der Waals surface area contributed by atoms with Crippen LogP contribution in [0, 0.1) is 6.92 Å². The Morgan fingerprint density at radius 3 is 2.40 bits per heavy atom. The molecular formula is C26H32ClN7S. The normalized spacial score (nSPS) is 18.5. The molecule has 184 valence electrons. The number of benzene rings is 2. The Balaban J connectivity index is 0.00000253. The molecule has 0 spiro atoms. The number of fused-ring (bicyclic) bond motifs is 1. The highest BCUT2D eigenvalue weighted by Crippen LogP contribution is 2.35. The van der Waals surface area contributed by atoms with Crippen LogP contribution in [0.5, 0.6) is 0 Å². The van der Waals surface area contributed by atoms with E-state index in [0.29, 0.717) is 6.04 Å². The zero-order valence-electron chi connectivity index (χ0n) is 20.1. The third kappa shape index (κ3) is 4.92. The first-order valence-corrected chi connectivity index (χ1v) is 13.3. The molecule has 1 saturated heterocycles. The van der Waals surface area contributed by atoms with E-state index in [2.05, 4.69) is 85.5 Å². The molecule has 6 rings (SSSR count). The lowest BCUT2D eigenvalue weighted by Crippen LogP contribution is -2.48. The van der Waals surface area contributed by atoms with Crippen LogP contribution >= 0.6 is 23.7 Å². The standard InChI is InChI=1S/C26H31N7S.ClH/c1-19-11-13-20(14-12-19)24(25-28-29-30-33(25)21-7-3-2-4-8-21)31-15-17-32(18-16-31)26-27-22-9-5-6-10-23(22)34-26;/h5-6,9-14,21,24H,2-4,7-8,15-18H2,1H3;1H. The first-order valence-electron chi connectivity index (χ1n) is 12.5. The molecule has 0 amide bonds. The molecule has 9 heteroatoms. The van der Waals surface area contributed by atoms with Crippen LogP contribution in [0.25, 0.3) is 10.2 Å². The molecule has 0 radical (unpaired) electrons. The largest absolute Gasteiger partial charge is 0.345 e. The van der Waals surface area contributed by atoms with Gasteiger partial charge in [-0.3, -0.25) is 4.90 Å². The summed E-state index contributed by atoms with van der Waals surface area (Å²) in [5.74, 6) is 0.990. The van der Waals surface area contributed by atoms with Gasteiger partial charge in [-0.05, 0) is 47.9 Å². The number of thiazole rings is 1. The van der Waals surface area contributed by atoms with Crippen molar-refractivity contribution in [2.45, 2.75) is 51.1 Å². The smallest absolute Gasteiger partial charge is 0.186 e. The molecule has 35 heavy (non-hydrogen) atoms. The van der Waals surface area contributed by atoms with Crippen LogP contribution in [0.2, 0.25) is 0 Å². The van der Waals surface area contributed by atoms with Crippen molar-refractivity contribution in [3.8, 4) is 0 Å². The molecule has 2 aromatic heterocycles. The highest BCUT2D eigenvalue weighted by molar-refractivity contribution is 7.22. The van der Waals surface area contributed by atoms with E-state index in [1.165, 1.54) is 47.9 Å². The van der Waals surface area contributed by atoms with Gasteiger partial charge in [0.15, 0.2) is 11.0 Å². The van der Waals surface area contributed by atoms with E-state index < -0.39 is 0 Å². The molecule has 0 bridgehead atoms. The van der Waals surface area contributed by atoms with Gasteiger partial charge in [-0.1, -0.05) is 72.6 Å². The molecule has 7 nitrogen and oxygen atoms in total. The van der Waals surface area contributed by atoms with Gasteiger partial charge >= 0.3 is 0 Å². The Hall–Kier alpha value is -2.55. The average Bonchev–Trinajstić information content (AvgIpc) is 3.54. The van der Waals surface area contributed by atoms with Gasteiger partial charge in [0.05, 0.1) is 22.3 Å². The van der Waals surface area contributed by atoms with Crippen LogP contribution in [0.15, 0.2) is 48.5 Å². The van der Waals surface area contributed by atoms with Crippen LogP contribution < -0.4 is 4.90 Å². The van der Waals surface area contributed by atoms with E-state index in [0.717, 1.165) is 42.7 Å². The number of piperazine rings is 1. The lowest BCUT2D eigenvalue weighted by molar-refractivity contribution is 0.193. The molecule has 1 unspecified atom stereocenters. The van der Waals surface area contributed by atoms with Gasteiger partial charge < -0.3 is 4.90 Å². The predicted molar refractivity (Wildman–Crippen MR) is 144 cm³/mol. The van der Waals surface area contributed by atoms with Gasteiger partial charge in [-0.25, -0.2) is 9.67 Å². The maximum atomic E-state index is 4.89. The van der Waals surface area contributed by atoms with Crippen LogP contribution in [0.4, 0.5) is 5.13 Å². The number of para-hydroxylation sites is 1. The second-order valence-corrected chi connectivity index (χ2v) is 10.6. The Morgan fingerprint density at radius 2 is 1.66 bits per heavy atom.